The van der Waals surface area contributed by atoms with E-state index >= 15 is 0 Å². The predicted octanol–water partition coefficient (Wildman–Crippen LogP) is 3.30. The first kappa shape index (κ1) is 10.2. The van der Waals surface area contributed by atoms with Crippen molar-refractivity contribution in [2.45, 2.75) is 31.7 Å². The van der Waals surface area contributed by atoms with Gasteiger partial charge in [-0.2, -0.15) is 0 Å². The summed E-state index contributed by atoms with van der Waals surface area (Å²) in [5.74, 6) is 0.698. The molecule has 0 radical (unpaired) electrons. The highest BCUT2D eigenvalue weighted by molar-refractivity contribution is 9.10. The molecular formula is C12H16BrN. The molecule has 0 spiro atoms. The van der Waals surface area contributed by atoms with E-state index in [1.807, 2.05) is 0 Å². The lowest BCUT2D eigenvalue weighted by Crippen LogP contribution is -2.35. The summed E-state index contributed by atoms with van der Waals surface area (Å²) in [6.07, 6.45) is 2.60. The molecule has 0 amide bonds. The van der Waals surface area contributed by atoms with Crippen LogP contribution in [0, 0.1) is 0 Å². The third kappa shape index (κ3) is 2.37. The summed E-state index contributed by atoms with van der Waals surface area (Å²) in [5, 5.41) is 3.53. The average molecular weight is 254 g/mol. The normalized spacial score (nSPS) is 27.6. The molecule has 1 aliphatic rings. The Balaban J connectivity index is 2.08. The van der Waals surface area contributed by atoms with Gasteiger partial charge in [-0.3, -0.25) is 0 Å². The largest absolute Gasteiger partial charge is 0.314 e. The minimum atomic E-state index is 0.693. The molecule has 0 saturated carbocycles. The molecule has 1 N–H and O–H groups in total. The molecule has 1 nitrogen and oxygen atoms in total. The Bertz CT molecular complexity index is 303. The zero-order valence-electron chi connectivity index (χ0n) is 8.46. The van der Waals surface area contributed by atoms with Crippen LogP contribution in [0.15, 0.2) is 28.7 Å². The topological polar surface area (TPSA) is 12.0 Å². The summed E-state index contributed by atoms with van der Waals surface area (Å²) in [6.45, 7) is 3.38. The Hall–Kier alpha value is -0.340. The van der Waals surface area contributed by atoms with Crippen molar-refractivity contribution in [3.05, 3.63) is 34.3 Å². The zero-order chi connectivity index (χ0) is 9.97. The number of halogens is 1. The average Bonchev–Trinajstić information content (AvgIpc) is 2.19. The van der Waals surface area contributed by atoms with Crippen LogP contribution in [0.3, 0.4) is 0 Å². The first-order chi connectivity index (χ1) is 6.75. The number of piperidine rings is 1. The smallest absolute Gasteiger partial charge is 0.0178 e. The van der Waals surface area contributed by atoms with Crippen LogP contribution in [0.25, 0.3) is 0 Å². The second-order valence-electron chi connectivity index (χ2n) is 4.14. The van der Waals surface area contributed by atoms with Crippen LogP contribution in [-0.4, -0.2) is 12.6 Å². The predicted molar refractivity (Wildman–Crippen MR) is 63.6 cm³/mol. The van der Waals surface area contributed by atoms with Crippen LogP contribution < -0.4 is 5.32 Å². The van der Waals surface area contributed by atoms with Gasteiger partial charge in [0, 0.05) is 17.1 Å². The van der Waals surface area contributed by atoms with E-state index in [1.165, 1.54) is 22.9 Å². The molecule has 1 fully saturated rings. The molecule has 1 aromatic rings. The molecular weight excluding hydrogens is 238 g/mol. The van der Waals surface area contributed by atoms with Gasteiger partial charge >= 0.3 is 0 Å². The van der Waals surface area contributed by atoms with Crippen molar-refractivity contribution in [1.82, 2.24) is 5.32 Å². The Morgan fingerprint density at radius 2 is 2.21 bits per heavy atom. The van der Waals surface area contributed by atoms with Gasteiger partial charge in [0.05, 0.1) is 0 Å². The van der Waals surface area contributed by atoms with Crippen molar-refractivity contribution in [3.8, 4) is 0 Å². The molecule has 2 unspecified atom stereocenters. The molecule has 2 atom stereocenters. The second-order valence-corrected chi connectivity index (χ2v) is 5.05. The van der Waals surface area contributed by atoms with Crippen molar-refractivity contribution >= 4 is 15.9 Å². The SMILES string of the molecule is CC1CCC(c2cccc(Br)c2)CN1. The van der Waals surface area contributed by atoms with Crippen LogP contribution >= 0.6 is 15.9 Å². The van der Waals surface area contributed by atoms with Crippen LogP contribution in [0.4, 0.5) is 0 Å². The highest BCUT2D eigenvalue weighted by Gasteiger charge is 2.18. The molecule has 2 heteroatoms. The fourth-order valence-corrected chi connectivity index (χ4v) is 2.46. The van der Waals surface area contributed by atoms with Crippen molar-refractivity contribution in [3.63, 3.8) is 0 Å². The first-order valence-corrected chi connectivity index (χ1v) is 6.04. The summed E-state index contributed by atoms with van der Waals surface area (Å²) in [5.41, 5.74) is 1.46. The maximum absolute atomic E-state index is 3.53. The van der Waals surface area contributed by atoms with Gasteiger partial charge in [0.1, 0.15) is 0 Å². The maximum Gasteiger partial charge on any atom is 0.0178 e. The van der Waals surface area contributed by atoms with E-state index in [-0.39, 0.29) is 0 Å². The molecule has 2 rings (SSSR count). The van der Waals surface area contributed by atoms with Gasteiger partial charge in [-0.25, -0.2) is 0 Å². The molecule has 1 aliphatic heterocycles. The fraction of sp³-hybridized carbons (Fsp3) is 0.500. The second kappa shape index (κ2) is 4.45. The van der Waals surface area contributed by atoms with E-state index in [0.29, 0.717) is 12.0 Å². The van der Waals surface area contributed by atoms with E-state index in [4.69, 9.17) is 0 Å². The first-order valence-electron chi connectivity index (χ1n) is 5.24. The Labute approximate surface area is 94.0 Å². The molecule has 0 aliphatic carbocycles. The van der Waals surface area contributed by atoms with Crippen LogP contribution in [0.5, 0.6) is 0 Å². The van der Waals surface area contributed by atoms with E-state index in [1.54, 1.807) is 0 Å². The number of hydrogen-bond acceptors (Lipinski definition) is 1. The minimum absolute atomic E-state index is 0.693. The number of hydrogen-bond donors (Lipinski definition) is 1. The van der Waals surface area contributed by atoms with Crippen molar-refractivity contribution < 1.29 is 0 Å². The van der Waals surface area contributed by atoms with Crippen molar-refractivity contribution in [2.75, 3.05) is 6.54 Å². The lowest BCUT2D eigenvalue weighted by Gasteiger charge is -2.28. The van der Waals surface area contributed by atoms with E-state index < -0.39 is 0 Å². The Morgan fingerprint density at radius 1 is 1.36 bits per heavy atom. The summed E-state index contributed by atoms with van der Waals surface area (Å²) in [4.78, 5) is 0. The van der Waals surface area contributed by atoms with Crippen LogP contribution in [0.1, 0.15) is 31.2 Å². The molecule has 1 aromatic carbocycles. The third-order valence-electron chi connectivity index (χ3n) is 2.98. The van der Waals surface area contributed by atoms with Crippen LogP contribution in [-0.2, 0) is 0 Å². The van der Waals surface area contributed by atoms with Crippen LogP contribution in [0.2, 0.25) is 0 Å². The highest BCUT2D eigenvalue weighted by atomic mass is 79.9. The van der Waals surface area contributed by atoms with Gasteiger partial charge in [-0.1, -0.05) is 28.1 Å². The zero-order valence-corrected chi connectivity index (χ0v) is 10.0. The lowest BCUT2D eigenvalue weighted by molar-refractivity contribution is 0.385. The summed E-state index contributed by atoms with van der Waals surface area (Å²) < 4.78 is 1.19. The number of nitrogens with one attached hydrogen (secondary N) is 1. The van der Waals surface area contributed by atoms with E-state index in [2.05, 4.69) is 52.4 Å². The van der Waals surface area contributed by atoms with Gasteiger partial charge in [0.25, 0.3) is 0 Å². The molecule has 14 heavy (non-hydrogen) atoms. The quantitative estimate of drug-likeness (QED) is 0.810. The monoisotopic (exact) mass is 253 g/mol. The third-order valence-corrected chi connectivity index (χ3v) is 3.47. The Kier molecular flexibility index (Phi) is 3.24. The molecule has 1 saturated heterocycles. The Morgan fingerprint density at radius 3 is 2.86 bits per heavy atom. The summed E-state index contributed by atoms with van der Waals surface area (Å²) in [7, 11) is 0. The summed E-state index contributed by atoms with van der Waals surface area (Å²) >= 11 is 3.52. The summed E-state index contributed by atoms with van der Waals surface area (Å²) in [6, 6.07) is 9.37. The number of benzene rings is 1. The van der Waals surface area contributed by atoms with Gasteiger partial charge in [0.15, 0.2) is 0 Å². The standard InChI is InChI=1S/C12H16BrN/c1-9-5-6-11(8-14-9)10-3-2-4-12(13)7-10/h2-4,7,9,11,14H,5-6,8H2,1H3. The molecule has 0 bridgehead atoms. The maximum atomic E-state index is 3.53. The lowest BCUT2D eigenvalue weighted by atomic mass is 9.89. The van der Waals surface area contributed by atoms with Gasteiger partial charge in [-0.05, 0) is 43.4 Å². The van der Waals surface area contributed by atoms with E-state index in [0.717, 1.165) is 6.54 Å². The highest BCUT2D eigenvalue weighted by Crippen LogP contribution is 2.26. The van der Waals surface area contributed by atoms with Gasteiger partial charge in [-0.15, -0.1) is 0 Å². The van der Waals surface area contributed by atoms with Crippen molar-refractivity contribution in [1.29, 1.82) is 0 Å². The van der Waals surface area contributed by atoms with Crippen molar-refractivity contribution in [2.24, 2.45) is 0 Å². The van der Waals surface area contributed by atoms with Gasteiger partial charge in [0.2, 0.25) is 0 Å². The fourth-order valence-electron chi connectivity index (χ4n) is 2.04. The molecule has 0 aromatic heterocycles. The van der Waals surface area contributed by atoms with E-state index in [9.17, 15) is 0 Å². The van der Waals surface area contributed by atoms with Gasteiger partial charge < -0.3 is 5.32 Å². The molecule has 76 valence electrons. The molecule has 1 heterocycles. The number of rotatable bonds is 1. The minimum Gasteiger partial charge on any atom is -0.314 e.